The zero-order valence-corrected chi connectivity index (χ0v) is 14.6. The molecule has 1 aliphatic rings. The average Bonchev–Trinajstić information content (AvgIpc) is 2.82. The highest BCUT2D eigenvalue weighted by Crippen LogP contribution is 2.34. The van der Waals surface area contributed by atoms with Gasteiger partial charge in [0.15, 0.2) is 0 Å². The van der Waals surface area contributed by atoms with Crippen LogP contribution in [0.1, 0.15) is 67.7 Å². The normalized spacial score (nSPS) is 26.4. The summed E-state index contributed by atoms with van der Waals surface area (Å²) in [5, 5.41) is 0. The van der Waals surface area contributed by atoms with Gasteiger partial charge in [-0.2, -0.15) is 0 Å². The molecule has 0 radical (unpaired) electrons. The molecule has 1 aliphatic heterocycles. The molecule has 0 aliphatic carbocycles. The van der Waals surface area contributed by atoms with Crippen LogP contribution >= 0.6 is 0 Å². The first kappa shape index (κ1) is 17.5. The molecule has 1 amide bonds. The lowest BCUT2D eigenvalue weighted by molar-refractivity contribution is -0.140. The van der Waals surface area contributed by atoms with E-state index in [1.807, 2.05) is 0 Å². The average molecular weight is 281 g/mol. The van der Waals surface area contributed by atoms with Crippen molar-refractivity contribution in [3.8, 4) is 0 Å². The van der Waals surface area contributed by atoms with Crippen LogP contribution in [0.15, 0.2) is 0 Å². The fourth-order valence-electron chi connectivity index (χ4n) is 3.77. The first-order valence-corrected chi connectivity index (χ1v) is 8.63. The van der Waals surface area contributed by atoms with Crippen molar-refractivity contribution in [2.24, 2.45) is 29.6 Å². The highest BCUT2D eigenvalue weighted by atomic mass is 16.2. The van der Waals surface area contributed by atoms with E-state index >= 15 is 0 Å². The third-order valence-corrected chi connectivity index (χ3v) is 5.32. The molecule has 1 heterocycles. The molecular formula is C18H35NO. The maximum atomic E-state index is 13.1. The fraction of sp³-hybridized carbons (Fsp3) is 0.944. The summed E-state index contributed by atoms with van der Waals surface area (Å²) < 4.78 is 0. The van der Waals surface area contributed by atoms with Gasteiger partial charge in [0.1, 0.15) is 0 Å². The molecule has 118 valence electrons. The van der Waals surface area contributed by atoms with Crippen molar-refractivity contribution in [2.75, 3.05) is 6.54 Å². The largest absolute Gasteiger partial charge is 0.339 e. The van der Waals surface area contributed by atoms with Crippen LogP contribution in [0.25, 0.3) is 0 Å². The summed E-state index contributed by atoms with van der Waals surface area (Å²) in [5.41, 5.74) is 0. The van der Waals surface area contributed by atoms with Crippen molar-refractivity contribution in [3.63, 3.8) is 0 Å². The fourth-order valence-corrected chi connectivity index (χ4v) is 3.77. The summed E-state index contributed by atoms with van der Waals surface area (Å²) in [6.45, 7) is 16.6. The zero-order chi connectivity index (χ0) is 15.4. The van der Waals surface area contributed by atoms with Gasteiger partial charge in [0.25, 0.3) is 0 Å². The number of carbonyl (C=O) groups excluding carboxylic acids is 1. The third kappa shape index (κ3) is 3.77. The van der Waals surface area contributed by atoms with Crippen LogP contribution in [-0.2, 0) is 4.79 Å². The highest BCUT2D eigenvalue weighted by Gasteiger charge is 2.40. The molecule has 1 fully saturated rings. The van der Waals surface area contributed by atoms with Gasteiger partial charge in [0.05, 0.1) is 0 Å². The summed E-state index contributed by atoms with van der Waals surface area (Å²) in [6, 6.07) is 0.456. The Morgan fingerprint density at radius 3 is 2.15 bits per heavy atom. The lowest BCUT2D eigenvalue weighted by Crippen LogP contribution is -2.45. The summed E-state index contributed by atoms with van der Waals surface area (Å²) in [4.78, 5) is 15.3. The minimum absolute atomic E-state index is 0.192. The van der Waals surface area contributed by atoms with Crippen molar-refractivity contribution in [1.29, 1.82) is 0 Å². The Morgan fingerprint density at radius 2 is 1.75 bits per heavy atom. The van der Waals surface area contributed by atoms with E-state index in [-0.39, 0.29) is 5.92 Å². The standard InChI is InChI=1S/C18H35NO/c1-8-14(7)17(13(5)6)18(20)19-11-15(9-2)10-16(19)12(3)4/h12-17H,8-11H2,1-7H3/t14?,15?,16-,17?/m0/s1. The van der Waals surface area contributed by atoms with Gasteiger partial charge in [-0.25, -0.2) is 0 Å². The van der Waals surface area contributed by atoms with Gasteiger partial charge < -0.3 is 4.90 Å². The number of rotatable bonds is 6. The number of likely N-dealkylation sites (tertiary alicyclic amines) is 1. The molecule has 2 heteroatoms. The van der Waals surface area contributed by atoms with E-state index in [9.17, 15) is 4.79 Å². The van der Waals surface area contributed by atoms with E-state index in [2.05, 4.69) is 53.4 Å². The molecule has 0 aromatic carbocycles. The second kappa shape index (κ2) is 7.47. The van der Waals surface area contributed by atoms with E-state index in [0.29, 0.717) is 35.6 Å². The number of amides is 1. The van der Waals surface area contributed by atoms with Crippen molar-refractivity contribution in [2.45, 2.75) is 73.8 Å². The Bertz CT molecular complexity index is 311. The number of carbonyl (C=O) groups is 1. The molecule has 1 saturated heterocycles. The third-order valence-electron chi connectivity index (χ3n) is 5.32. The molecule has 0 aromatic heterocycles. The predicted octanol–water partition coefficient (Wildman–Crippen LogP) is 4.59. The van der Waals surface area contributed by atoms with Crippen molar-refractivity contribution < 1.29 is 4.79 Å². The van der Waals surface area contributed by atoms with Crippen LogP contribution in [-0.4, -0.2) is 23.4 Å². The Balaban J connectivity index is 2.91. The lowest BCUT2D eigenvalue weighted by Gasteiger charge is -2.35. The van der Waals surface area contributed by atoms with Gasteiger partial charge in [-0.15, -0.1) is 0 Å². The molecule has 0 saturated carbocycles. The highest BCUT2D eigenvalue weighted by molar-refractivity contribution is 5.80. The van der Waals surface area contributed by atoms with Crippen LogP contribution in [0.2, 0.25) is 0 Å². The summed E-state index contributed by atoms with van der Waals surface area (Å²) in [5.74, 6) is 2.80. The molecule has 0 bridgehead atoms. The number of hydrogen-bond acceptors (Lipinski definition) is 1. The Labute approximate surface area is 126 Å². The molecule has 0 spiro atoms. The minimum Gasteiger partial charge on any atom is -0.339 e. The molecular weight excluding hydrogens is 246 g/mol. The Hall–Kier alpha value is -0.530. The number of nitrogens with zero attached hydrogens (tertiary/aromatic N) is 1. The SMILES string of the molecule is CCC1C[C@@H](C(C)C)N(C(=O)C(C(C)C)C(C)CC)C1. The molecule has 0 N–H and O–H groups in total. The van der Waals surface area contributed by atoms with Crippen LogP contribution in [0, 0.1) is 29.6 Å². The van der Waals surface area contributed by atoms with Crippen LogP contribution in [0.4, 0.5) is 0 Å². The summed E-state index contributed by atoms with van der Waals surface area (Å²) in [6.07, 6.45) is 3.49. The van der Waals surface area contributed by atoms with Crippen molar-refractivity contribution in [1.82, 2.24) is 4.90 Å². The van der Waals surface area contributed by atoms with Crippen LogP contribution < -0.4 is 0 Å². The number of hydrogen-bond donors (Lipinski definition) is 0. The molecule has 0 aromatic rings. The molecule has 4 atom stereocenters. The molecule has 2 nitrogen and oxygen atoms in total. The van der Waals surface area contributed by atoms with Gasteiger partial charge >= 0.3 is 0 Å². The smallest absolute Gasteiger partial charge is 0.226 e. The maximum Gasteiger partial charge on any atom is 0.226 e. The quantitative estimate of drug-likeness (QED) is 0.697. The van der Waals surface area contributed by atoms with Gasteiger partial charge in [0, 0.05) is 18.5 Å². The predicted molar refractivity (Wildman–Crippen MR) is 86.5 cm³/mol. The van der Waals surface area contributed by atoms with E-state index < -0.39 is 0 Å². The maximum absolute atomic E-state index is 13.1. The molecule has 3 unspecified atom stereocenters. The van der Waals surface area contributed by atoms with Crippen molar-refractivity contribution in [3.05, 3.63) is 0 Å². The first-order chi connectivity index (χ1) is 9.33. The van der Waals surface area contributed by atoms with E-state index in [4.69, 9.17) is 0 Å². The zero-order valence-electron chi connectivity index (χ0n) is 14.6. The topological polar surface area (TPSA) is 20.3 Å². The van der Waals surface area contributed by atoms with Gasteiger partial charge in [-0.1, -0.05) is 61.3 Å². The lowest BCUT2D eigenvalue weighted by atomic mass is 9.81. The van der Waals surface area contributed by atoms with E-state index in [1.54, 1.807) is 0 Å². The van der Waals surface area contributed by atoms with Gasteiger partial charge in [-0.3, -0.25) is 4.79 Å². The Kier molecular flexibility index (Phi) is 6.54. The van der Waals surface area contributed by atoms with Crippen LogP contribution in [0.3, 0.4) is 0 Å². The summed E-state index contributed by atoms with van der Waals surface area (Å²) >= 11 is 0. The van der Waals surface area contributed by atoms with Gasteiger partial charge in [0.2, 0.25) is 5.91 Å². The van der Waals surface area contributed by atoms with E-state index in [0.717, 1.165) is 13.0 Å². The van der Waals surface area contributed by atoms with E-state index in [1.165, 1.54) is 12.8 Å². The molecule has 20 heavy (non-hydrogen) atoms. The monoisotopic (exact) mass is 281 g/mol. The molecule has 1 rings (SSSR count). The van der Waals surface area contributed by atoms with Gasteiger partial charge in [-0.05, 0) is 30.1 Å². The summed E-state index contributed by atoms with van der Waals surface area (Å²) in [7, 11) is 0. The van der Waals surface area contributed by atoms with Crippen molar-refractivity contribution >= 4 is 5.91 Å². The second-order valence-corrected chi connectivity index (χ2v) is 7.47. The second-order valence-electron chi connectivity index (χ2n) is 7.47. The Morgan fingerprint density at radius 1 is 1.15 bits per heavy atom. The first-order valence-electron chi connectivity index (χ1n) is 8.63. The minimum atomic E-state index is 0.192. The van der Waals surface area contributed by atoms with Crippen LogP contribution in [0.5, 0.6) is 0 Å².